The Morgan fingerprint density at radius 2 is 2.00 bits per heavy atom. The van der Waals surface area contributed by atoms with E-state index in [0.29, 0.717) is 13.0 Å². The SMILES string of the molecule is C=N[C@H](CC(=C)NCC)C(=O)NOCc1ccc(CN)cc1. The monoisotopic (exact) mass is 304 g/mol. The van der Waals surface area contributed by atoms with Crippen molar-refractivity contribution in [3.05, 3.63) is 47.7 Å². The van der Waals surface area contributed by atoms with Crippen LogP contribution in [-0.4, -0.2) is 25.2 Å². The summed E-state index contributed by atoms with van der Waals surface area (Å²) >= 11 is 0. The van der Waals surface area contributed by atoms with Crippen molar-refractivity contribution in [1.29, 1.82) is 0 Å². The van der Waals surface area contributed by atoms with Crippen LogP contribution in [0.1, 0.15) is 24.5 Å². The Hall–Kier alpha value is -2.18. The van der Waals surface area contributed by atoms with Gasteiger partial charge in [0.05, 0.1) is 6.61 Å². The zero-order valence-corrected chi connectivity index (χ0v) is 13.0. The maximum absolute atomic E-state index is 11.9. The van der Waals surface area contributed by atoms with Crippen LogP contribution < -0.4 is 16.5 Å². The maximum Gasteiger partial charge on any atom is 0.268 e. The molecule has 22 heavy (non-hydrogen) atoms. The average molecular weight is 304 g/mol. The van der Waals surface area contributed by atoms with Crippen LogP contribution in [0.3, 0.4) is 0 Å². The quantitative estimate of drug-likeness (QED) is 0.449. The normalized spacial score (nSPS) is 11.5. The second kappa shape index (κ2) is 9.70. The van der Waals surface area contributed by atoms with E-state index in [2.05, 4.69) is 29.1 Å². The predicted octanol–water partition coefficient (Wildman–Crippen LogP) is 1.28. The highest BCUT2D eigenvalue weighted by molar-refractivity contribution is 5.81. The van der Waals surface area contributed by atoms with Crippen molar-refractivity contribution in [1.82, 2.24) is 10.8 Å². The minimum atomic E-state index is -0.619. The Bertz CT molecular complexity index is 499. The van der Waals surface area contributed by atoms with Crippen LogP contribution in [0.25, 0.3) is 0 Å². The molecule has 6 nitrogen and oxygen atoms in total. The van der Waals surface area contributed by atoms with Gasteiger partial charge in [-0.05, 0) is 24.8 Å². The molecule has 1 amide bonds. The van der Waals surface area contributed by atoms with Gasteiger partial charge in [0.25, 0.3) is 5.91 Å². The van der Waals surface area contributed by atoms with Crippen molar-refractivity contribution < 1.29 is 9.63 Å². The molecule has 0 saturated carbocycles. The van der Waals surface area contributed by atoms with Gasteiger partial charge in [0.1, 0.15) is 6.04 Å². The summed E-state index contributed by atoms with van der Waals surface area (Å²) < 4.78 is 0. The Morgan fingerprint density at radius 3 is 2.55 bits per heavy atom. The number of nitrogens with one attached hydrogen (secondary N) is 2. The fourth-order valence-corrected chi connectivity index (χ4v) is 1.83. The van der Waals surface area contributed by atoms with Crippen molar-refractivity contribution in [3.8, 4) is 0 Å². The van der Waals surface area contributed by atoms with Gasteiger partial charge in [-0.25, -0.2) is 5.48 Å². The summed E-state index contributed by atoms with van der Waals surface area (Å²) in [6.45, 7) is 10.7. The number of carbonyl (C=O) groups is 1. The van der Waals surface area contributed by atoms with Gasteiger partial charge in [-0.2, -0.15) is 0 Å². The van der Waals surface area contributed by atoms with E-state index >= 15 is 0 Å². The molecular formula is C16H24N4O2. The maximum atomic E-state index is 11.9. The minimum absolute atomic E-state index is 0.272. The van der Waals surface area contributed by atoms with E-state index in [0.717, 1.165) is 23.4 Å². The summed E-state index contributed by atoms with van der Waals surface area (Å²) in [4.78, 5) is 21.0. The molecule has 1 aromatic rings. The van der Waals surface area contributed by atoms with Crippen molar-refractivity contribution in [2.24, 2.45) is 10.7 Å². The third-order valence-electron chi connectivity index (χ3n) is 3.06. The summed E-state index contributed by atoms with van der Waals surface area (Å²) in [5.41, 5.74) is 10.7. The Kier molecular flexibility index (Phi) is 7.88. The lowest BCUT2D eigenvalue weighted by atomic mass is 10.1. The lowest BCUT2D eigenvalue weighted by Gasteiger charge is -2.14. The summed E-state index contributed by atoms with van der Waals surface area (Å²) in [7, 11) is 0. The van der Waals surface area contributed by atoms with Crippen LogP contribution in [0.15, 0.2) is 41.5 Å². The van der Waals surface area contributed by atoms with Gasteiger partial charge in [-0.1, -0.05) is 30.8 Å². The van der Waals surface area contributed by atoms with E-state index in [4.69, 9.17) is 10.6 Å². The predicted molar refractivity (Wildman–Crippen MR) is 88.0 cm³/mol. The van der Waals surface area contributed by atoms with Crippen LogP contribution in [-0.2, 0) is 22.8 Å². The van der Waals surface area contributed by atoms with E-state index < -0.39 is 6.04 Å². The highest BCUT2D eigenvalue weighted by Crippen LogP contribution is 2.06. The third kappa shape index (κ3) is 6.07. The van der Waals surface area contributed by atoms with Gasteiger partial charge in [-0.3, -0.25) is 14.6 Å². The van der Waals surface area contributed by atoms with Gasteiger partial charge < -0.3 is 11.1 Å². The smallest absolute Gasteiger partial charge is 0.268 e. The molecule has 0 spiro atoms. The molecule has 1 atom stereocenters. The number of aliphatic imine (C=N–C) groups is 1. The number of nitrogens with two attached hydrogens (primary N) is 1. The van der Waals surface area contributed by atoms with E-state index in [1.165, 1.54) is 0 Å². The lowest BCUT2D eigenvalue weighted by molar-refractivity contribution is -0.135. The molecule has 4 N–H and O–H groups in total. The van der Waals surface area contributed by atoms with E-state index in [-0.39, 0.29) is 12.5 Å². The van der Waals surface area contributed by atoms with Gasteiger partial charge >= 0.3 is 0 Å². The summed E-state index contributed by atoms with van der Waals surface area (Å²) in [6, 6.07) is 7.05. The van der Waals surface area contributed by atoms with Gasteiger partial charge in [-0.15, -0.1) is 0 Å². The van der Waals surface area contributed by atoms with Crippen LogP contribution in [0.4, 0.5) is 0 Å². The van der Waals surface area contributed by atoms with E-state index in [1.807, 2.05) is 31.2 Å². The second-order valence-electron chi connectivity index (χ2n) is 4.81. The van der Waals surface area contributed by atoms with E-state index in [9.17, 15) is 4.79 Å². The fraction of sp³-hybridized carbons (Fsp3) is 0.375. The van der Waals surface area contributed by atoms with Crippen LogP contribution in [0.5, 0.6) is 0 Å². The van der Waals surface area contributed by atoms with Gasteiger partial charge in [0.15, 0.2) is 0 Å². The average Bonchev–Trinajstić information content (AvgIpc) is 2.53. The number of rotatable bonds is 10. The first kappa shape index (κ1) is 17.9. The minimum Gasteiger partial charge on any atom is -0.389 e. The molecule has 0 heterocycles. The molecule has 0 aromatic heterocycles. The first-order valence-electron chi connectivity index (χ1n) is 7.17. The van der Waals surface area contributed by atoms with Crippen molar-refractivity contribution in [2.75, 3.05) is 6.54 Å². The molecule has 120 valence electrons. The van der Waals surface area contributed by atoms with Crippen LogP contribution in [0.2, 0.25) is 0 Å². The number of hydrogen-bond donors (Lipinski definition) is 3. The number of nitrogens with zero attached hydrogens (tertiary/aromatic N) is 1. The summed E-state index contributed by atoms with van der Waals surface area (Å²) in [5.74, 6) is -0.340. The molecule has 6 heteroatoms. The van der Waals surface area contributed by atoms with Crippen molar-refractivity contribution in [2.45, 2.75) is 32.5 Å². The highest BCUT2D eigenvalue weighted by atomic mass is 16.6. The lowest BCUT2D eigenvalue weighted by Crippen LogP contribution is -2.34. The first-order valence-corrected chi connectivity index (χ1v) is 7.17. The van der Waals surface area contributed by atoms with Crippen LogP contribution in [0, 0.1) is 0 Å². The molecule has 0 unspecified atom stereocenters. The second-order valence-corrected chi connectivity index (χ2v) is 4.81. The number of carbonyl (C=O) groups excluding carboxylic acids is 1. The molecule has 0 aliphatic heterocycles. The molecule has 0 saturated heterocycles. The molecule has 0 aliphatic rings. The zero-order valence-electron chi connectivity index (χ0n) is 13.0. The molecule has 0 bridgehead atoms. The van der Waals surface area contributed by atoms with Crippen LogP contribution >= 0.6 is 0 Å². The Labute approximate surface area is 131 Å². The Balaban J connectivity index is 2.39. The highest BCUT2D eigenvalue weighted by Gasteiger charge is 2.17. The van der Waals surface area contributed by atoms with Gasteiger partial charge in [0.2, 0.25) is 0 Å². The summed E-state index contributed by atoms with van der Waals surface area (Å²) in [5, 5.41) is 3.04. The first-order chi connectivity index (χ1) is 10.6. The molecule has 0 aliphatic carbocycles. The summed E-state index contributed by atoms with van der Waals surface area (Å²) in [6.07, 6.45) is 0.387. The fourth-order valence-electron chi connectivity index (χ4n) is 1.83. The Morgan fingerprint density at radius 1 is 1.36 bits per heavy atom. The topological polar surface area (TPSA) is 88.7 Å². The number of amides is 1. The molecule has 1 rings (SSSR count). The third-order valence-corrected chi connectivity index (χ3v) is 3.06. The molecule has 1 aromatic carbocycles. The number of hydroxylamine groups is 1. The molecular weight excluding hydrogens is 280 g/mol. The largest absolute Gasteiger partial charge is 0.389 e. The molecule has 0 radical (unpaired) electrons. The zero-order chi connectivity index (χ0) is 16.4. The van der Waals surface area contributed by atoms with E-state index in [1.54, 1.807) is 0 Å². The number of hydrogen-bond acceptors (Lipinski definition) is 5. The van der Waals surface area contributed by atoms with Crippen molar-refractivity contribution in [3.63, 3.8) is 0 Å². The molecule has 0 fully saturated rings. The number of benzene rings is 1. The van der Waals surface area contributed by atoms with Gasteiger partial charge in [0, 0.05) is 25.2 Å². The standard InChI is InChI=1S/C16H24N4O2/c1-4-19-12(2)9-15(18-3)16(21)20-22-11-14-7-5-13(10-17)6-8-14/h5-8,15,19H,2-4,9-11,17H2,1H3,(H,20,21)/t15-/m1/s1. The van der Waals surface area contributed by atoms with Crippen molar-refractivity contribution >= 4 is 12.6 Å².